The molecule has 0 aliphatic rings. The maximum absolute atomic E-state index is 10.1. The lowest BCUT2D eigenvalue weighted by Gasteiger charge is -2.09. The molecule has 0 aliphatic heterocycles. The van der Waals surface area contributed by atoms with Crippen molar-refractivity contribution in [2.24, 2.45) is 0 Å². The van der Waals surface area contributed by atoms with Crippen molar-refractivity contribution in [3.63, 3.8) is 0 Å². The van der Waals surface area contributed by atoms with E-state index in [4.69, 9.17) is 7.85 Å². The van der Waals surface area contributed by atoms with Gasteiger partial charge in [0.15, 0.2) is 0 Å². The van der Waals surface area contributed by atoms with Gasteiger partial charge in [-0.25, -0.2) is 0 Å². The van der Waals surface area contributed by atoms with Gasteiger partial charge in [-0.1, -0.05) is 11.5 Å². The van der Waals surface area contributed by atoms with Crippen LogP contribution in [-0.4, -0.2) is 19.2 Å². The number of nitrogens with one attached hydrogen (secondary N) is 1. The Labute approximate surface area is 72.6 Å². The van der Waals surface area contributed by atoms with Gasteiger partial charge in [0.05, 0.1) is 11.7 Å². The standard InChI is InChI=1S/C8H9BN2O/c1-6(11-5-12)8-4-7(9)2-3-10-8/h2-6H,1H3,(H,11,12). The lowest BCUT2D eigenvalue weighted by molar-refractivity contribution is -0.110. The molecular formula is C8H9BN2O. The third-order valence-electron chi connectivity index (χ3n) is 1.57. The van der Waals surface area contributed by atoms with E-state index in [1.165, 1.54) is 0 Å². The molecule has 3 nitrogen and oxygen atoms in total. The molecule has 60 valence electrons. The van der Waals surface area contributed by atoms with Gasteiger partial charge in [0.1, 0.15) is 7.85 Å². The molecule has 0 bridgehead atoms. The van der Waals surface area contributed by atoms with Crippen molar-refractivity contribution >= 4 is 19.7 Å². The largest absolute Gasteiger partial charge is 0.351 e. The minimum absolute atomic E-state index is 0.0917. The molecule has 1 atom stereocenters. The van der Waals surface area contributed by atoms with Crippen molar-refractivity contribution in [1.29, 1.82) is 0 Å². The molecule has 0 fully saturated rings. The van der Waals surface area contributed by atoms with Gasteiger partial charge in [-0.05, 0) is 13.0 Å². The monoisotopic (exact) mass is 160 g/mol. The molecule has 1 unspecified atom stereocenters. The Hall–Kier alpha value is -1.32. The molecular weight excluding hydrogens is 151 g/mol. The second-order valence-corrected chi connectivity index (χ2v) is 2.52. The van der Waals surface area contributed by atoms with Crippen LogP contribution >= 0.6 is 0 Å². The van der Waals surface area contributed by atoms with Crippen molar-refractivity contribution in [3.05, 3.63) is 24.0 Å². The maximum Gasteiger partial charge on any atom is 0.207 e. The Morgan fingerprint density at radius 1 is 1.75 bits per heavy atom. The summed E-state index contributed by atoms with van der Waals surface area (Å²) in [5.74, 6) is 0. The van der Waals surface area contributed by atoms with Crippen LogP contribution in [0.2, 0.25) is 0 Å². The molecule has 0 spiro atoms. The van der Waals surface area contributed by atoms with E-state index in [1.54, 1.807) is 18.3 Å². The van der Waals surface area contributed by atoms with Crippen LogP contribution in [0, 0.1) is 0 Å². The average molecular weight is 160 g/mol. The van der Waals surface area contributed by atoms with Gasteiger partial charge in [-0.15, -0.1) is 0 Å². The number of pyridine rings is 1. The third kappa shape index (κ3) is 2.08. The second-order valence-electron chi connectivity index (χ2n) is 2.52. The molecule has 1 aromatic rings. The quantitative estimate of drug-likeness (QED) is 0.486. The summed E-state index contributed by atoms with van der Waals surface area (Å²) in [5.41, 5.74) is 1.42. The number of amides is 1. The molecule has 1 rings (SSSR count). The molecule has 1 amide bonds. The normalized spacial score (nSPS) is 12.1. The zero-order valence-corrected chi connectivity index (χ0v) is 6.82. The van der Waals surface area contributed by atoms with E-state index in [0.29, 0.717) is 11.9 Å². The summed E-state index contributed by atoms with van der Waals surface area (Å²) in [6.45, 7) is 1.84. The van der Waals surface area contributed by atoms with Crippen LogP contribution in [0.3, 0.4) is 0 Å². The fourth-order valence-electron chi connectivity index (χ4n) is 0.890. The van der Waals surface area contributed by atoms with Crippen LogP contribution in [0.25, 0.3) is 0 Å². The van der Waals surface area contributed by atoms with Gasteiger partial charge in [0.2, 0.25) is 6.41 Å². The first-order valence-electron chi connectivity index (χ1n) is 3.65. The second kappa shape index (κ2) is 3.90. The van der Waals surface area contributed by atoms with E-state index in [2.05, 4.69) is 10.3 Å². The van der Waals surface area contributed by atoms with E-state index < -0.39 is 0 Å². The minimum Gasteiger partial charge on any atom is -0.351 e. The molecule has 0 saturated carbocycles. The lowest BCUT2D eigenvalue weighted by atomic mass is 9.96. The van der Waals surface area contributed by atoms with Gasteiger partial charge in [-0.2, -0.15) is 0 Å². The highest BCUT2D eigenvalue weighted by molar-refractivity contribution is 6.32. The zero-order chi connectivity index (χ0) is 8.97. The molecule has 4 heteroatoms. The highest BCUT2D eigenvalue weighted by atomic mass is 16.1. The van der Waals surface area contributed by atoms with Gasteiger partial charge >= 0.3 is 0 Å². The van der Waals surface area contributed by atoms with Crippen molar-refractivity contribution in [3.8, 4) is 0 Å². The number of nitrogens with zero attached hydrogens (tertiary/aromatic N) is 1. The van der Waals surface area contributed by atoms with Crippen LogP contribution in [0.5, 0.6) is 0 Å². The van der Waals surface area contributed by atoms with E-state index >= 15 is 0 Å². The molecule has 0 aliphatic carbocycles. The molecule has 0 saturated heterocycles. The predicted molar refractivity (Wildman–Crippen MR) is 47.2 cm³/mol. The van der Waals surface area contributed by atoms with Crippen LogP contribution in [0.15, 0.2) is 18.3 Å². The summed E-state index contributed by atoms with van der Waals surface area (Å²) in [5, 5.41) is 2.59. The maximum atomic E-state index is 10.1. The van der Waals surface area contributed by atoms with Gasteiger partial charge in [-0.3, -0.25) is 9.78 Å². The summed E-state index contributed by atoms with van der Waals surface area (Å²) in [7, 11) is 5.54. The molecule has 0 aromatic carbocycles. The van der Waals surface area contributed by atoms with Crippen LogP contribution < -0.4 is 10.8 Å². The molecule has 1 N–H and O–H groups in total. The predicted octanol–water partition coefficient (Wildman–Crippen LogP) is -0.318. The third-order valence-corrected chi connectivity index (χ3v) is 1.57. The first-order valence-corrected chi connectivity index (χ1v) is 3.65. The summed E-state index contributed by atoms with van der Waals surface area (Å²) >= 11 is 0. The Bertz CT molecular complexity index is 278. The topological polar surface area (TPSA) is 42.0 Å². The number of carbonyl (C=O) groups is 1. The molecule has 1 aromatic heterocycles. The van der Waals surface area contributed by atoms with Crippen molar-refractivity contribution in [1.82, 2.24) is 10.3 Å². The van der Waals surface area contributed by atoms with Crippen molar-refractivity contribution < 1.29 is 4.79 Å². The fourth-order valence-corrected chi connectivity index (χ4v) is 0.890. The van der Waals surface area contributed by atoms with Gasteiger partial charge in [0, 0.05) is 6.20 Å². The highest BCUT2D eigenvalue weighted by Crippen LogP contribution is 2.04. The van der Waals surface area contributed by atoms with Gasteiger partial charge in [0.25, 0.3) is 0 Å². The number of rotatable bonds is 3. The first-order chi connectivity index (χ1) is 5.74. The Morgan fingerprint density at radius 3 is 3.08 bits per heavy atom. The lowest BCUT2D eigenvalue weighted by Crippen LogP contribution is -2.19. The van der Waals surface area contributed by atoms with E-state index in [9.17, 15) is 4.79 Å². The SMILES string of the molecule is [B]c1ccnc(C(C)NC=O)c1. The van der Waals surface area contributed by atoms with E-state index in [0.717, 1.165) is 5.69 Å². The summed E-state index contributed by atoms with van der Waals surface area (Å²) < 4.78 is 0. The number of hydrogen-bond acceptors (Lipinski definition) is 2. The molecule has 1 heterocycles. The van der Waals surface area contributed by atoms with Crippen molar-refractivity contribution in [2.45, 2.75) is 13.0 Å². The first kappa shape index (κ1) is 8.78. The summed E-state index contributed by atoms with van der Waals surface area (Å²) in [6, 6.07) is 3.35. The Balaban J connectivity index is 2.80. The number of carbonyl (C=O) groups excluding carboxylic acids is 1. The Kier molecular flexibility index (Phi) is 2.85. The minimum atomic E-state index is -0.0917. The summed E-state index contributed by atoms with van der Waals surface area (Å²) in [4.78, 5) is 14.2. The van der Waals surface area contributed by atoms with E-state index in [1.807, 2.05) is 6.92 Å². The molecule has 12 heavy (non-hydrogen) atoms. The number of aromatic nitrogens is 1. The van der Waals surface area contributed by atoms with Crippen molar-refractivity contribution in [2.75, 3.05) is 0 Å². The molecule has 2 radical (unpaired) electrons. The van der Waals surface area contributed by atoms with E-state index in [-0.39, 0.29) is 6.04 Å². The summed E-state index contributed by atoms with van der Waals surface area (Å²) in [6.07, 6.45) is 2.27. The van der Waals surface area contributed by atoms with Crippen LogP contribution in [-0.2, 0) is 4.79 Å². The number of hydrogen-bond donors (Lipinski definition) is 1. The van der Waals surface area contributed by atoms with Gasteiger partial charge < -0.3 is 5.32 Å². The fraction of sp³-hybridized carbons (Fsp3) is 0.250. The van der Waals surface area contributed by atoms with Crippen LogP contribution in [0.1, 0.15) is 18.7 Å². The smallest absolute Gasteiger partial charge is 0.207 e. The average Bonchev–Trinajstić information content (AvgIpc) is 2.05. The van der Waals surface area contributed by atoms with Crippen LogP contribution in [0.4, 0.5) is 0 Å². The highest BCUT2D eigenvalue weighted by Gasteiger charge is 2.03. The Morgan fingerprint density at radius 2 is 2.50 bits per heavy atom. The zero-order valence-electron chi connectivity index (χ0n) is 6.82.